The predicted octanol–water partition coefficient (Wildman–Crippen LogP) is 2.64. The number of hydrogen-bond acceptors (Lipinski definition) is 3. The Morgan fingerprint density at radius 3 is 2.53 bits per heavy atom. The molecule has 1 aliphatic heterocycles. The number of rotatable bonds is 6. The number of unbranched alkanes of at least 4 members (excludes halogenated alkanes) is 1. The number of halogens is 2. The Morgan fingerprint density at radius 2 is 2.00 bits per heavy atom. The first-order chi connectivity index (χ1) is 9.13. The Balaban J connectivity index is 1.90. The molecule has 0 radical (unpaired) electrons. The molecule has 0 spiro atoms. The summed E-state index contributed by atoms with van der Waals surface area (Å²) in [6, 6.07) is 2.11. The summed E-state index contributed by atoms with van der Waals surface area (Å²) in [5, 5.41) is 0. The normalized spacial score (nSPS) is 16.2. The Labute approximate surface area is 111 Å². The van der Waals surface area contributed by atoms with Crippen molar-refractivity contribution >= 4 is 6.29 Å². The summed E-state index contributed by atoms with van der Waals surface area (Å²) < 4.78 is 32.2. The van der Waals surface area contributed by atoms with E-state index in [0.717, 1.165) is 44.6 Å². The molecule has 1 aromatic carbocycles. The number of aldehydes is 1. The minimum Gasteiger partial charge on any atom is -0.488 e. The van der Waals surface area contributed by atoms with E-state index in [1.807, 2.05) is 0 Å². The lowest BCUT2D eigenvalue weighted by atomic mass is 10.1. The summed E-state index contributed by atoms with van der Waals surface area (Å²) in [7, 11) is 0. The highest BCUT2D eigenvalue weighted by Crippen LogP contribution is 2.23. The van der Waals surface area contributed by atoms with E-state index in [4.69, 9.17) is 4.74 Å². The maximum Gasteiger partial charge on any atom is 0.155 e. The highest BCUT2D eigenvalue weighted by atomic mass is 19.1. The van der Waals surface area contributed by atoms with Crippen molar-refractivity contribution in [3.05, 3.63) is 29.3 Å². The van der Waals surface area contributed by atoms with E-state index >= 15 is 0 Å². The lowest BCUT2D eigenvalue weighted by Crippen LogP contribution is -2.53. The van der Waals surface area contributed by atoms with Gasteiger partial charge in [-0.05, 0) is 13.0 Å². The first-order valence-corrected chi connectivity index (χ1v) is 6.47. The van der Waals surface area contributed by atoms with Gasteiger partial charge in [0.05, 0.1) is 5.56 Å². The smallest absolute Gasteiger partial charge is 0.155 e. The van der Waals surface area contributed by atoms with Gasteiger partial charge in [-0.3, -0.25) is 9.69 Å². The SMILES string of the molecule is CCCCN1CC(Oc2cc(F)c(C=O)c(F)c2)C1. The van der Waals surface area contributed by atoms with Crippen LogP contribution >= 0.6 is 0 Å². The van der Waals surface area contributed by atoms with Gasteiger partial charge in [-0.15, -0.1) is 0 Å². The van der Waals surface area contributed by atoms with Crippen molar-refractivity contribution in [1.29, 1.82) is 0 Å². The molecule has 1 aliphatic rings. The van der Waals surface area contributed by atoms with Crippen LogP contribution in [0.25, 0.3) is 0 Å². The zero-order chi connectivity index (χ0) is 13.8. The van der Waals surface area contributed by atoms with Crippen LogP contribution < -0.4 is 4.74 Å². The maximum atomic E-state index is 13.4. The molecular formula is C14H17F2NO2. The fourth-order valence-electron chi connectivity index (χ4n) is 2.10. The minimum atomic E-state index is -0.882. The molecule has 0 N–H and O–H groups in total. The monoisotopic (exact) mass is 269 g/mol. The third-order valence-electron chi connectivity index (χ3n) is 3.22. The van der Waals surface area contributed by atoms with Gasteiger partial charge in [0, 0.05) is 25.2 Å². The summed E-state index contributed by atoms with van der Waals surface area (Å²) >= 11 is 0. The molecule has 1 saturated heterocycles. The molecule has 0 unspecified atom stereocenters. The van der Waals surface area contributed by atoms with E-state index in [9.17, 15) is 13.6 Å². The summed E-state index contributed by atoms with van der Waals surface area (Å²) in [4.78, 5) is 12.7. The molecule has 104 valence electrons. The average Bonchev–Trinajstić information content (AvgIpc) is 2.31. The lowest BCUT2D eigenvalue weighted by molar-refractivity contribution is 0.0190. The molecular weight excluding hydrogens is 252 g/mol. The van der Waals surface area contributed by atoms with Crippen LogP contribution in [0.3, 0.4) is 0 Å². The van der Waals surface area contributed by atoms with Gasteiger partial charge in [-0.2, -0.15) is 0 Å². The van der Waals surface area contributed by atoms with Crippen molar-refractivity contribution < 1.29 is 18.3 Å². The molecule has 3 nitrogen and oxygen atoms in total. The molecule has 1 fully saturated rings. The quantitative estimate of drug-likeness (QED) is 0.744. The van der Waals surface area contributed by atoms with E-state index in [1.165, 1.54) is 0 Å². The van der Waals surface area contributed by atoms with Gasteiger partial charge >= 0.3 is 0 Å². The molecule has 5 heteroatoms. The van der Waals surface area contributed by atoms with Crippen molar-refractivity contribution in [2.75, 3.05) is 19.6 Å². The summed E-state index contributed by atoms with van der Waals surface area (Å²) in [5.74, 6) is -1.62. The van der Waals surface area contributed by atoms with Gasteiger partial charge < -0.3 is 4.74 Å². The largest absolute Gasteiger partial charge is 0.488 e. The minimum absolute atomic E-state index is 0.0299. The van der Waals surface area contributed by atoms with Crippen LogP contribution in [0.1, 0.15) is 30.1 Å². The third-order valence-corrected chi connectivity index (χ3v) is 3.22. The lowest BCUT2D eigenvalue weighted by Gasteiger charge is -2.39. The Hall–Kier alpha value is -1.49. The Kier molecular flexibility index (Phi) is 4.47. The number of hydrogen-bond donors (Lipinski definition) is 0. The van der Waals surface area contributed by atoms with Gasteiger partial charge in [0.15, 0.2) is 6.29 Å². The molecule has 19 heavy (non-hydrogen) atoms. The van der Waals surface area contributed by atoms with Gasteiger partial charge in [0.1, 0.15) is 23.5 Å². The molecule has 0 atom stereocenters. The van der Waals surface area contributed by atoms with Crippen LogP contribution in [0.15, 0.2) is 12.1 Å². The number of ether oxygens (including phenoxy) is 1. The van der Waals surface area contributed by atoms with Gasteiger partial charge in [0.2, 0.25) is 0 Å². The molecule has 2 rings (SSSR count). The first-order valence-electron chi connectivity index (χ1n) is 6.47. The van der Waals surface area contributed by atoms with E-state index in [-0.39, 0.29) is 18.1 Å². The van der Waals surface area contributed by atoms with Crippen molar-refractivity contribution in [3.63, 3.8) is 0 Å². The molecule has 0 saturated carbocycles. The van der Waals surface area contributed by atoms with Crippen LogP contribution in [0.2, 0.25) is 0 Å². The number of carbonyl (C=O) groups excluding carboxylic acids is 1. The Morgan fingerprint density at radius 1 is 1.37 bits per heavy atom. The summed E-state index contributed by atoms with van der Waals surface area (Å²) in [6.45, 7) is 4.72. The fourth-order valence-corrected chi connectivity index (χ4v) is 2.10. The molecule has 0 aliphatic carbocycles. The van der Waals surface area contributed by atoms with Crippen molar-refractivity contribution in [2.24, 2.45) is 0 Å². The zero-order valence-electron chi connectivity index (χ0n) is 10.9. The second kappa shape index (κ2) is 6.10. The number of nitrogens with zero attached hydrogens (tertiary/aromatic N) is 1. The molecule has 1 aromatic rings. The van der Waals surface area contributed by atoms with Crippen LogP contribution in [-0.2, 0) is 0 Å². The van der Waals surface area contributed by atoms with E-state index < -0.39 is 17.2 Å². The fraction of sp³-hybridized carbons (Fsp3) is 0.500. The molecule has 0 amide bonds. The maximum absolute atomic E-state index is 13.4. The van der Waals surface area contributed by atoms with E-state index in [0.29, 0.717) is 0 Å². The van der Waals surface area contributed by atoms with Crippen LogP contribution in [0.5, 0.6) is 5.75 Å². The van der Waals surface area contributed by atoms with Gasteiger partial charge in [-0.25, -0.2) is 8.78 Å². The summed E-state index contributed by atoms with van der Waals surface area (Å²) in [5.41, 5.74) is -0.550. The number of benzene rings is 1. The second-order valence-electron chi connectivity index (χ2n) is 4.77. The molecule has 0 bridgehead atoms. The predicted molar refractivity (Wildman–Crippen MR) is 67.5 cm³/mol. The highest BCUT2D eigenvalue weighted by Gasteiger charge is 2.28. The zero-order valence-corrected chi connectivity index (χ0v) is 10.9. The Bertz CT molecular complexity index is 436. The standard InChI is InChI=1S/C14H17F2NO2/c1-2-3-4-17-7-11(8-17)19-10-5-13(15)12(9-18)14(16)6-10/h5-6,9,11H,2-4,7-8H2,1H3. The van der Waals surface area contributed by atoms with Gasteiger partial charge in [0.25, 0.3) is 0 Å². The summed E-state index contributed by atoms with van der Waals surface area (Å²) in [6.07, 6.45) is 2.43. The van der Waals surface area contributed by atoms with Crippen LogP contribution in [0, 0.1) is 11.6 Å². The van der Waals surface area contributed by atoms with Crippen LogP contribution in [-0.4, -0.2) is 36.9 Å². The molecule has 0 aromatic heterocycles. The number of likely N-dealkylation sites (tertiary alicyclic amines) is 1. The molecule has 1 heterocycles. The van der Waals surface area contributed by atoms with E-state index in [2.05, 4.69) is 11.8 Å². The van der Waals surface area contributed by atoms with Crippen molar-refractivity contribution in [2.45, 2.75) is 25.9 Å². The first kappa shape index (κ1) is 13.9. The number of carbonyl (C=O) groups is 1. The van der Waals surface area contributed by atoms with Crippen molar-refractivity contribution in [3.8, 4) is 5.75 Å². The topological polar surface area (TPSA) is 29.5 Å². The van der Waals surface area contributed by atoms with Crippen molar-refractivity contribution in [1.82, 2.24) is 4.90 Å². The second-order valence-corrected chi connectivity index (χ2v) is 4.77. The third kappa shape index (κ3) is 3.29. The van der Waals surface area contributed by atoms with Gasteiger partial charge in [-0.1, -0.05) is 13.3 Å². The van der Waals surface area contributed by atoms with Crippen LogP contribution in [0.4, 0.5) is 8.78 Å². The highest BCUT2D eigenvalue weighted by molar-refractivity contribution is 5.75. The average molecular weight is 269 g/mol. The van der Waals surface area contributed by atoms with E-state index in [1.54, 1.807) is 0 Å².